The average Bonchev–Trinajstić information content (AvgIpc) is 2.30. The Morgan fingerprint density at radius 3 is 2.39 bits per heavy atom. The number of carbonyl (C=O) groups is 1. The van der Waals surface area contributed by atoms with Gasteiger partial charge in [0.05, 0.1) is 0 Å². The maximum Gasteiger partial charge on any atom is 0.166 e. The van der Waals surface area contributed by atoms with Crippen LogP contribution in [0, 0.1) is 19.8 Å². The number of rotatable bonds is 6. The van der Waals surface area contributed by atoms with Gasteiger partial charge in [-0.15, -0.1) is 0 Å². The van der Waals surface area contributed by atoms with Crippen LogP contribution in [0.25, 0.3) is 0 Å². The molecule has 0 spiro atoms. The fourth-order valence-electron chi connectivity index (χ4n) is 2.05. The van der Waals surface area contributed by atoms with E-state index >= 15 is 0 Å². The van der Waals surface area contributed by atoms with Gasteiger partial charge >= 0.3 is 0 Å². The van der Waals surface area contributed by atoms with Crippen LogP contribution in [0.1, 0.15) is 37.5 Å². The minimum absolute atomic E-state index is 0.176. The van der Waals surface area contributed by atoms with E-state index in [1.807, 2.05) is 26.8 Å². The molecule has 1 aromatic carbocycles. The first kappa shape index (κ1) is 14.9. The molecule has 0 heterocycles. The van der Waals surface area contributed by atoms with Crippen LogP contribution < -0.4 is 0 Å². The van der Waals surface area contributed by atoms with Crippen LogP contribution in [0.15, 0.2) is 18.2 Å². The van der Waals surface area contributed by atoms with E-state index < -0.39 is 0 Å². The van der Waals surface area contributed by atoms with Crippen LogP contribution in [-0.4, -0.2) is 18.5 Å². The summed E-state index contributed by atoms with van der Waals surface area (Å²) in [5.41, 5.74) is 3.57. The molecule has 1 rings (SSSR count). The molecule has 0 aliphatic heterocycles. The van der Waals surface area contributed by atoms with E-state index in [9.17, 15) is 4.79 Å². The van der Waals surface area contributed by atoms with Crippen molar-refractivity contribution < 1.29 is 9.53 Å². The molecular formula is C16H24O2. The third kappa shape index (κ3) is 3.95. The van der Waals surface area contributed by atoms with Gasteiger partial charge in [0.15, 0.2) is 5.78 Å². The van der Waals surface area contributed by atoms with Crippen molar-refractivity contribution in [3.63, 3.8) is 0 Å². The van der Waals surface area contributed by atoms with Crippen LogP contribution in [0.3, 0.4) is 0 Å². The van der Waals surface area contributed by atoms with E-state index in [-0.39, 0.29) is 17.8 Å². The van der Waals surface area contributed by atoms with Gasteiger partial charge in [0.1, 0.15) is 6.10 Å². The second-order valence-electron chi connectivity index (χ2n) is 5.18. The lowest BCUT2D eigenvalue weighted by Gasteiger charge is -2.19. The first-order chi connectivity index (χ1) is 8.45. The molecule has 2 nitrogen and oxygen atoms in total. The molecule has 0 aliphatic rings. The molecule has 1 unspecified atom stereocenters. The molecule has 0 saturated heterocycles. The summed E-state index contributed by atoms with van der Waals surface area (Å²) < 4.78 is 5.54. The Kier molecular flexibility index (Phi) is 5.54. The summed E-state index contributed by atoms with van der Waals surface area (Å²) in [5, 5.41) is 0. The van der Waals surface area contributed by atoms with E-state index in [1.54, 1.807) is 0 Å². The van der Waals surface area contributed by atoms with Gasteiger partial charge in [-0.1, -0.05) is 32.0 Å². The van der Waals surface area contributed by atoms with Gasteiger partial charge in [0, 0.05) is 13.0 Å². The number of hydrogen-bond acceptors (Lipinski definition) is 2. The Hall–Kier alpha value is -1.15. The lowest BCUT2D eigenvalue weighted by molar-refractivity contribution is -0.132. The molecule has 1 aromatic rings. The highest BCUT2D eigenvalue weighted by atomic mass is 16.5. The highest BCUT2D eigenvalue weighted by Gasteiger charge is 2.22. The number of ketones is 1. The van der Waals surface area contributed by atoms with Crippen LogP contribution >= 0.6 is 0 Å². The lowest BCUT2D eigenvalue weighted by Crippen LogP contribution is -2.31. The molecule has 0 aromatic heterocycles. The summed E-state index contributed by atoms with van der Waals surface area (Å²) in [6, 6.07) is 6.20. The van der Waals surface area contributed by atoms with Crippen molar-refractivity contribution in [2.75, 3.05) is 6.61 Å². The van der Waals surface area contributed by atoms with Gasteiger partial charge in [-0.25, -0.2) is 0 Å². The van der Waals surface area contributed by atoms with E-state index in [0.717, 1.165) is 5.56 Å². The van der Waals surface area contributed by atoms with Crippen LogP contribution in [0.4, 0.5) is 0 Å². The average molecular weight is 248 g/mol. The highest BCUT2D eigenvalue weighted by Crippen LogP contribution is 2.14. The Labute approximate surface area is 110 Å². The van der Waals surface area contributed by atoms with Crippen molar-refractivity contribution in [3.05, 3.63) is 34.9 Å². The number of hydrogen-bond donors (Lipinski definition) is 0. The van der Waals surface area contributed by atoms with Crippen LogP contribution in [-0.2, 0) is 16.0 Å². The molecule has 0 radical (unpaired) electrons. The summed E-state index contributed by atoms with van der Waals surface area (Å²) in [7, 11) is 0. The molecule has 0 N–H and O–H groups in total. The standard InChI is InChI=1S/C16H24O2/c1-6-18-16(11(2)3)15(17)10-14-8-7-12(4)13(5)9-14/h7-9,11,16H,6,10H2,1-5H3. The number of Topliss-reactive ketones (excluding diaryl/α,β-unsaturated/α-hetero) is 1. The minimum atomic E-state index is -0.281. The highest BCUT2D eigenvalue weighted by molar-refractivity contribution is 5.85. The third-order valence-corrected chi connectivity index (χ3v) is 3.22. The zero-order valence-corrected chi connectivity index (χ0v) is 12.1. The Morgan fingerprint density at radius 2 is 1.89 bits per heavy atom. The minimum Gasteiger partial charge on any atom is -0.370 e. The smallest absolute Gasteiger partial charge is 0.166 e. The van der Waals surface area contributed by atoms with Crippen LogP contribution in [0.2, 0.25) is 0 Å². The van der Waals surface area contributed by atoms with Crippen molar-refractivity contribution in [3.8, 4) is 0 Å². The van der Waals surface area contributed by atoms with Gasteiger partial charge in [0.2, 0.25) is 0 Å². The molecule has 0 amide bonds. The summed E-state index contributed by atoms with van der Waals surface area (Å²) >= 11 is 0. The Balaban J connectivity index is 2.76. The number of carbonyl (C=O) groups excluding carboxylic acids is 1. The molecular weight excluding hydrogens is 224 g/mol. The van der Waals surface area contributed by atoms with Crippen molar-refractivity contribution in [2.24, 2.45) is 5.92 Å². The quantitative estimate of drug-likeness (QED) is 0.770. The zero-order chi connectivity index (χ0) is 13.7. The number of ether oxygens (including phenoxy) is 1. The second kappa shape index (κ2) is 6.69. The fourth-order valence-corrected chi connectivity index (χ4v) is 2.05. The number of benzene rings is 1. The first-order valence-electron chi connectivity index (χ1n) is 6.66. The Morgan fingerprint density at radius 1 is 1.22 bits per heavy atom. The molecule has 2 heteroatoms. The third-order valence-electron chi connectivity index (χ3n) is 3.22. The van der Waals surface area contributed by atoms with Crippen molar-refractivity contribution in [2.45, 2.75) is 47.1 Å². The predicted octanol–water partition coefficient (Wildman–Crippen LogP) is 3.48. The maximum atomic E-state index is 12.2. The van der Waals surface area contributed by atoms with E-state index in [1.165, 1.54) is 11.1 Å². The SMILES string of the molecule is CCOC(C(=O)Cc1ccc(C)c(C)c1)C(C)C. The normalized spacial score (nSPS) is 12.8. The predicted molar refractivity (Wildman–Crippen MR) is 74.9 cm³/mol. The molecule has 0 aliphatic carbocycles. The fraction of sp³-hybridized carbons (Fsp3) is 0.562. The van der Waals surface area contributed by atoms with Gasteiger partial charge in [-0.3, -0.25) is 4.79 Å². The monoisotopic (exact) mass is 248 g/mol. The summed E-state index contributed by atoms with van der Waals surface area (Å²) in [6.07, 6.45) is 0.181. The van der Waals surface area contributed by atoms with Crippen LogP contribution in [0.5, 0.6) is 0 Å². The van der Waals surface area contributed by atoms with Gasteiger partial charge in [0.25, 0.3) is 0 Å². The molecule has 1 atom stereocenters. The molecule has 18 heavy (non-hydrogen) atoms. The van der Waals surface area contributed by atoms with Gasteiger partial charge in [-0.05, 0) is 43.4 Å². The second-order valence-corrected chi connectivity index (χ2v) is 5.18. The summed E-state index contributed by atoms with van der Waals surface area (Å²) in [6.45, 7) is 10.7. The Bertz CT molecular complexity index is 408. The first-order valence-corrected chi connectivity index (χ1v) is 6.66. The van der Waals surface area contributed by atoms with Gasteiger partial charge in [-0.2, -0.15) is 0 Å². The number of aryl methyl sites for hydroxylation is 2. The van der Waals surface area contributed by atoms with Crippen molar-refractivity contribution >= 4 is 5.78 Å². The summed E-state index contributed by atoms with van der Waals surface area (Å²) in [4.78, 5) is 12.2. The van der Waals surface area contributed by atoms with E-state index in [4.69, 9.17) is 4.74 Å². The van der Waals surface area contributed by atoms with Gasteiger partial charge < -0.3 is 4.74 Å². The summed E-state index contributed by atoms with van der Waals surface area (Å²) in [5.74, 6) is 0.402. The van der Waals surface area contributed by atoms with E-state index in [0.29, 0.717) is 13.0 Å². The topological polar surface area (TPSA) is 26.3 Å². The molecule has 100 valence electrons. The van der Waals surface area contributed by atoms with E-state index in [2.05, 4.69) is 26.0 Å². The molecule has 0 fully saturated rings. The zero-order valence-electron chi connectivity index (χ0n) is 12.1. The molecule has 0 bridgehead atoms. The maximum absolute atomic E-state index is 12.2. The van der Waals surface area contributed by atoms with Crippen molar-refractivity contribution in [1.82, 2.24) is 0 Å². The lowest BCUT2D eigenvalue weighted by atomic mass is 9.96. The largest absolute Gasteiger partial charge is 0.370 e. The molecule has 0 saturated carbocycles. The van der Waals surface area contributed by atoms with Crippen molar-refractivity contribution in [1.29, 1.82) is 0 Å².